The molecule has 2 unspecified atom stereocenters. The first-order chi connectivity index (χ1) is 9.56. The summed E-state index contributed by atoms with van der Waals surface area (Å²) in [5, 5.41) is 0.866. The van der Waals surface area contributed by atoms with Gasteiger partial charge in [0, 0.05) is 29.6 Å². The van der Waals surface area contributed by atoms with Gasteiger partial charge in [0.2, 0.25) is 0 Å². The summed E-state index contributed by atoms with van der Waals surface area (Å²) in [7, 11) is 0. The molecule has 20 heavy (non-hydrogen) atoms. The van der Waals surface area contributed by atoms with Crippen LogP contribution in [0.4, 0.5) is 5.69 Å². The van der Waals surface area contributed by atoms with Crippen LogP contribution in [-0.4, -0.2) is 36.6 Å². The molecule has 2 aliphatic heterocycles. The summed E-state index contributed by atoms with van der Waals surface area (Å²) in [6.45, 7) is 8.19. The lowest BCUT2D eigenvalue weighted by molar-refractivity contribution is 0.176. The van der Waals surface area contributed by atoms with E-state index in [0.717, 1.165) is 16.0 Å². The van der Waals surface area contributed by atoms with Crippen molar-refractivity contribution in [1.29, 1.82) is 0 Å². The van der Waals surface area contributed by atoms with Crippen molar-refractivity contribution >= 4 is 33.2 Å². The number of hydrogen-bond donors (Lipinski definition) is 0. The Hall–Kier alpha value is -0.250. The van der Waals surface area contributed by atoms with Gasteiger partial charge in [0.15, 0.2) is 0 Å². The first-order valence-corrected chi connectivity index (χ1v) is 8.69. The van der Waals surface area contributed by atoms with E-state index < -0.39 is 0 Å². The minimum Gasteiger partial charge on any atom is -0.364 e. The molecule has 2 aliphatic rings. The van der Waals surface area contributed by atoms with Crippen LogP contribution in [0.1, 0.15) is 26.7 Å². The summed E-state index contributed by atoms with van der Waals surface area (Å²) in [5.74, 6) is 0.631. The maximum atomic E-state index is 6.47. The third-order valence-corrected chi connectivity index (χ3v) is 5.53. The molecule has 0 bridgehead atoms. The van der Waals surface area contributed by atoms with Gasteiger partial charge in [0.1, 0.15) is 0 Å². The van der Waals surface area contributed by atoms with Gasteiger partial charge in [-0.1, -0.05) is 41.4 Å². The van der Waals surface area contributed by atoms with Crippen LogP contribution in [0.3, 0.4) is 0 Å². The lowest BCUT2D eigenvalue weighted by Gasteiger charge is -2.47. The molecule has 2 atom stereocenters. The molecule has 110 valence electrons. The van der Waals surface area contributed by atoms with Gasteiger partial charge in [0.25, 0.3) is 0 Å². The van der Waals surface area contributed by atoms with Gasteiger partial charge in [-0.25, -0.2) is 0 Å². The summed E-state index contributed by atoms with van der Waals surface area (Å²) < 4.78 is 1.10. The van der Waals surface area contributed by atoms with Crippen molar-refractivity contribution < 1.29 is 0 Å². The maximum absolute atomic E-state index is 6.47. The third-order valence-electron chi connectivity index (χ3n) is 4.72. The van der Waals surface area contributed by atoms with Crippen LogP contribution >= 0.6 is 27.5 Å². The minimum absolute atomic E-state index is 0.552. The Bertz CT molecular complexity index is 491. The van der Waals surface area contributed by atoms with E-state index in [2.05, 4.69) is 45.6 Å². The van der Waals surface area contributed by atoms with E-state index in [1.807, 2.05) is 12.1 Å². The number of fused-ring (bicyclic) bond motifs is 1. The molecule has 0 aromatic heterocycles. The second-order valence-corrected chi connectivity index (χ2v) is 7.67. The lowest BCUT2D eigenvalue weighted by Crippen LogP contribution is -2.58. The molecular weight excluding hydrogens is 336 g/mol. The first kappa shape index (κ1) is 14.7. The van der Waals surface area contributed by atoms with Gasteiger partial charge in [-0.2, -0.15) is 0 Å². The van der Waals surface area contributed by atoms with Crippen LogP contribution in [-0.2, 0) is 0 Å². The maximum Gasteiger partial charge on any atom is 0.0640 e. The van der Waals surface area contributed by atoms with Crippen molar-refractivity contribution in [2.45, 2.75) is 38.8 Å². The highest BCUT2D eigenvalue weighted by Gasteiger charge is 2.38. The van der Waals surface area contributed by atoms with Gasteiger partial charge in [-0.15, -0.1) is 0 Å². The number of piperazine rings is 1. The van der Waals surface area contributed by atoms with Crippen LogP contribution in [0.5, 0.6) is 0 Å². The van der Waals surface area contributed by atoms with E-state index in [1.165, 1.54) is 31.6 Å². The standard InChI is InChI=1S/C16H22BrClN2/c1-11(2)16-10-19-7-3-4-13(19)9-20(16)15-8-12(17)5-6-14(15)18/h5-6,8,11,13,16H,3-4,7,9-10H2,1-2H3. The van der Waals surface area contributed by atoms with Crippen LogP contribution in [0.2, 0.25) is 5.02 Å². The number of rotatable bonds is 2. The zero-order valence-corrected chi connectivity index (χ0v) is 14.5. The molecule has 0 aliphatic carbocycles. The summed E-state index contributed by atoms with van der Waals surface area (Å²) in [6.07, 6.45) is 2.67. The average Bonchev–Trinajstić information content (AvgIpc) is 2.87. The zero-order valence-electron chi connectivity index (χ0n) is 12.1. The zero-order chi connectivity index (χ0) is 14.3. The number of halogens is 2. The molecule has 0 spiro atoms. The van der Waals surface area contributed by atoms with Crippen LogP contribution < -0.4 is 4.90 Å². The van der Waals surface area contributed by atoms with E-state index in [0.29, 0.717) is 18.0 Å². The molecule has 0 N–H and O–H groups in total. The fourth-order valence-electron chi connectivity index (χ4n) is 3.60. The normalized spacial score (nSPS) is 27.1. The number of nitrogens with zero attached hydrogens (tertiary/aromatic N) is 2. The molecule has 2 saturated heterocycles. The van der Waals surface area contributed by atoms with Gasteiger partial charge >= 0.3 is 0 Å². The number of anilines is 1. The van der Waals surface area contributed by atoms with E-state index >= 15 is 0 Å². The van der Waals surface area contributed by atoms with E-state index in [-0.39, 0.29) is 0 Å². The third kappa shape index (κ3) is 2.72. The van der Waals surface area contributed by atoms with Crippen LogP contribution in [0.25, 0.3) is 0 Å². The Kier molecular flexibility index (Phi) is 4.30. The molecule has 0 saturated carbocycles. The molecule has 4 heteroatoms. The largest absolute Gasteiger partial charge is 0.364 e. The SMILES string of the molecule is CC(C)C1CN2CCCC2CN1c1cc(Br)ccc1Cl. The average molecular weight is 358 g/mol. The molecule has 3 rings (SSSR count). The summed E-state index contributed by atoms with van der Waals surface area (Å²) in [6, 6.07) is 7.44. The summed E-state index contributed by atoms with van der Waals surface area (Å²) in [4.78, 5) is 5.22. The fourth-order valence-corrected chi connectivity index (χ4v) is 4.17. The first-order valence-electron chi connectivity index (χ1n) is 7.52. The Morgan fingerprint density at radius 3 is 2.85 bits per heavy atom. The van der Waals surface area contributed by atoms with Crippen molar-refractivity contribution in [3.05, 3.63) is 27.7 Å². The van der Waals surface area contributed by atoms with Gasteiger partial charge < -0.3 is 4.90 Å². The highest BCUT2D eigenvalue weighted by molar-refractivity contribution is 9.10. The molecular formula is C16H22BrClN2. The quantitative estimate of drug-likeness (QED) is 0.773. The van der Waals surface area contributed by atoms with Crippen LogP contribution in [0.15, 0.2) is 22.7 Å². The predicted octanol–water partition coefficient (Wildman–Crippen LogP) is 4.41. The van der Waals surface area contributed by atoms with Crippen LogP contribution in [0, 0.1) is 5.92 Å². The summed E-state index contributed by atoms with van der Waals surface area (Å²) >= 11 is 10.0. The molecule has 2 nitrogen and oxygen atoms in total. The Morgan fingerprint density at radius 1 is 1.30 bits per heavy atom. The molecule has 1 aromatic rings. The van der Waals surface area contributed by atoms with Crippen molar-refractivity contribution in [3.8, 4) is 0 Å². The predicted molar refractivity (Wildman–Crippen MR) is 89.7 cm³/mol. The van der Waals surface area contributed by atoms with Crippen molar-refractivity contribution in [2.24, 2.45) is 5.92 Å². The summed E-state index contributed by atoms with van der Waals surface area (Å²) in [5.41, 5.74) is 1.19. The molecule has 2 heterocycles. The van der Waals surface area contributed by atoms with Gasteiger partial charge in [-0.3, -0.25) is 4.90 Å². The van der Waals surface area contributed by atoms with E-state index in [4.69, 9.17) is 11.6 Å². The van der Waals surface area contributed by atoms with Crippen molar-refractivity contribution in [2.75, 3.05) is 24.5 Å². The molecule has 0 radical (unpaired) electrons. The topological polar surface area (TPSA) is 6.48 Å². The molecule has 1 aromatic carbocycles. The van der Waals surface area contributed by atoms with E-state index in [9.17, 15) is 0 Å². The Morgan fingerprint density at radius 2 is 2.10 bits per heavy atom. The monoisotopic (exact) mass is 356 g/mol. The lowest BCUT2D eigenvalue weighted by atomic mass is 9.96. The minimum atomic E-state index is 0.552. The second kappa shape index (κ2) is 5.86. The number of hydrogen-bond acceptors (Lipinski definition) is 2. The van der Waals surface area contributed by atoms with Crippen molar-refractivity contribution in [3.63, 3.8) is 0 Å². The van der Waals surface area contributed by atoms with Crippen molar-refractivity contribution in [1.82, 2.24) is 4.90 Å². The Balaban J connectivity index is 1.93. The van der Waals surface area contributed by atoms with Gasteiger partial charge in [0.05, 0.1) is 10.7 Å². The Labute approximate surface area is 135 Å². The highest BCUT2D eigenvalue weighted by atomic mass is 79.9. The number of benzene rings is 1. The molecule has 0 amide bonds. The van der Waals surface area contributed by atoms with Gasteiger partial charge in [-0.05, 0) is 43.5 Å². The highest BCUT2D eigenvalue weighted by Crippen LogP contribution is 2.36. The van der Waals surface area contributed by atoms with E-state index in [1.54, 1.807) is 0 Å². The molecule has 2 fully saturated rings. The second-order valence-electron chi connectivity index (χ2n) is 6.35. The smallest absolute Gasteiger partial charge is 0.0640 e. The fraction of sp³-hybridized carbons (Fsp3) is 0.625.